The summed E-state index contributed by atoms with van der Waals surface area (Å²) in [7, 11) is 1.66. The minimum absolute atomic E-state index is 0.0999. The Balaban J connectivity index is 1.55. The van der Waals surface area contributed by atoms with Crippen molar-refractivity contribution < 1.29 is 9.53 Å². The molecule has 3 aliphatic rings. The van der Waals surface area contributed by atoms with Gasteiger partial charge in [-0.1, -0.05) is 43.2 Å². The maximum atomic E-state index is 13.8. The molecule has 5 rings (SSSR count). The Labute approximate surface area is 197 Å². The quantitative estimate of drug-likeness (QED) is 0.490. The molecule has 32 heavy (non-hydrogen) atoms. The molecule has 0 N–H and O–H groups in total. The summed E-state index contributed by atoms with van der Waals surface area (Å²) in [6, 6.07) is 16.3. The van der Waals surface area contributed by atoms with Crippen LogP contribution in [-0.2, 0) is 4.79 Å². The van der Waals surface area contributed by atoms with Crippen LogP contribution in [0, 0.1) is 0 Å². The normalized spacial score (nSPS) is 22.7. The second kappa shape index (κ2) is 9.24. The molecule has 2 fully saturated rings. The molecule has 2 aromatic rings. The zero-order chi connectivity index (χ0) is 22.1. The van der Waals surface area contributed by atoms with Gasteiger partial charge < -0.3 is 9.64 Å². The summed E-state index contributed by atoms with van der Waals surface area (Å²) >= 11 is 3.22. The predicted molar refractivity (Wildman–Crippen MR) is 134 cm³/mol. The highest BCUT2D eigenvalue weighted by Gasteiger charge is 2.42. The first kappa shape index (κ1) is 21.5. The average molecular weight is 466 g/mol. The van der Waals surface area contributed by atoms with Gasteiger partial charge in [-0.15, -0.1) is 0 Å². The van der Waals surface area contributed by atoms with Crippen molar-refractivity contribution in [1.82, 2.24) is 4.90 Å². The minimum atomic E-state index is 0.0999. The van der Waals surface area contributed by atoms with E-state index in [1.807, 2.05) is 29.2 Å². The lowest BCUT2D eigenvalue weighted by molar-refractivity contribution is -0.124. The van der Waals surface area contributed by atoms with Crippen LogP contribution in [0.4, 0.5) is 11.4 Å². The molecule has 1 saturated heterocycles. The maximum absolute atomic E-state index is 13.8. The Morgan fingerprint density at radius 2 is 1.78 bits per heavy atom. The van der Waals surface area contributed by atoms with E-state index in [9.17, 15) is 4.79 Å². The van der Waals surface area contributed by atoms with Gasteiger partial charge in [-0.3, -0.25) is 9.69 Å². The van der Waals surface area contributed by atoms with Gasteiger partial charge in [0.1, 0.15) is 15.7 Å². The summed E-state index contributed by atoms with van der Waals surface area (Å²) in [6.45, 7) is 2.96. The number of ether oxygens (including phenoxy) is 1. The Kier molecular flexibility index (Phi) is 6.20. The number of carbonyl (C=O) groups excluding carboxylic acids is 1. The first-order valence-corrected chi connectivity index (χ1v) is 12.9. The van der Waals surface area contributed by atoms with Gasteiger partial charge in [0.25, 0.3) is 5.91 Å². The minimum Gasteiger partial charge on any atom is -0.497 e. The van der Waals surface area contributed by atoms with E-state index >= 15 is 0 Å². The molecule has 1 saturated carbocycles. The van der Waals surface area contributed by atoms with Crippen LogP contribution in [0.1, 0.15) is 39.0 Å². The molecular weight excluding hydrogens is 438 g/mol. The van der Waals surface area contributed by atoms with Crippen molar-refractivity contribution in [1.29, 1.82) is 0 Å². The molecule has 0 radical (unpaired) electrons. The molecule has 166 valence electrons. The first-order chi connectivity index (χ1) is 15.7. The average Bonchev–Trinajstić information content (AvgIpc) is 3.37. The van der Waals surface area contributed by atoms with Gasteiger partial charge in [0.15, 0.2) is 5.17 Å². The van der Waals surface area contributed by atoms with Gasteiger partial charge in [0, 0.05) is 17.5 Å². The standard InChI is InChI=1S/C25H27N3O2S2/c1-3-27-20-11-7-8-12-21(20)31-24(27)22-23(29)28(18-9-5-4-6-10-18)25(32-22)26-17-13-15-19(30-2)16-14-17/h7-8,11-16,18H,3-6,9-10H2,1-2H3/b24-22-,26-25?. The number of benzene rings is 2. The summed E-state index contributed by atoms with van der Waals surface area (Å²) in [5.41, 5.74) is 2.02. The van der Waals surface area contributed by atoms with Crippen molar-refractivity contribution >= 4 is 46.0 Å². The number of aliphatic imine (C=N–C) groups is 1. The van der Waals surface area contributed by atoms with Gasteiger partial charge in [-0.05, 0) is 67.9 Å². The Hall–Kier alpha value is -2.38. The van der Waals surface area contributed by atoms with Crippen molar-refractivity contribution in [3.63, 3.8) is 0 Å². The number of amidine groups is 1. The molecule has 1 amide bonds. The molecule has 1 aliphatic carbocycles. The summed E-state index contributed by atoms with van der Waals surface area (Å²) in [6.07, 6.45) is 5.67. The van der Waals surface area contributed by atoms with Gasteiger partial charge in [0.05, 0.1) is 18.5 Å². The van der Waals surface area contributed by atoms with Gasteiger partial charge >= 0.3 is 0 Å². The fourth-order valence-electron chi connectivity index (χ4n) is 4.54. The Morgan fingerprint density at radius 1 is 1.03 bits per heavy atom. The Morgan fingerprint density at radius 3 is 2.50 bits per heavy atom. The maximum Gasteiger partial charge on any atom is 0.269 e. The summed E-state index contributed by atoms with van der Waals surface area (Å²) in [4.78, 5) is 25.0. The highest BCUT2D eigenvalue weighted by Crippen LogP contribution is 2.51. The van der Waals surface area contributed by atoms with Crippen LogP contribution >= 0.6 is 23.5 Å². The van der Waals surface area contributed by atoms with E-state index in [1.54, 1.807) is 18.9 Å². The number of rotatable bonds is 4. The van der Waals surface area contributed by atoms with Crippen LogP contribution in [0.2, 0.25) is 0 Å². The highest BCUT2D eigenvalue weighted by molar-refractivity contribution is 8.19. The van der Waals surface area contributed by atoms with Crippen LogP contribution in [0.15, 0.2) is 68.4 Å². The summed E-state index contributed by atoms with van der Waals surface area (Å²) in [5, 5.41) is 1.83. The second-order valence-electron chi connectivity index (χ2n) is 8.11. The van der Waals surface area contributed by atoms with Crippen molar-refractivity contribution in [2.45, 2.75) is 50.0 Å². The monoisotopic (exact) mass is 465 g/mol. The summed E-state index contributed by atoms with van der Waals surface area (Å²) in [5.74, 6) is 0.901. The van der Waals surface area contributed by atoms with Crippen molar-refractivity contribution in [3.05, 3.63) is 58.5 Å². The Bertz CT molecular complexity index is 1070. The van der Waals surface area contributed by atoms with E-state index in [2.05, 4.69) is 36.1 Å². The number of anilines is 1. The van der Waals surface area contributed by atoms with Crippen LogP contribution in [-0.4, -0.2) is 35.7 Å². The molecular formula is C25H27N3O2S2. The van der Waals surface area contributed by atoms with E-state index in [4.69, 9.17) is 9.73 Å². The number of nitrogens with zero attached hydrogens (tertiary/aromatic N) is 3. The van der Waals surface area contributed by atoms with Crippen molar-refractivity contribution in [2.75, 3.05) is 18.6 Å². The third-order valence-electron chi connectivity index (χ3n) is 6.17. The number of methoxy groups -OCH3 is 1. The smallest absolute Gasteiger partial charge is 0.269 e. The number of hydrogen-bond acceptors (Lipinski definition) is 6. The zero-order valence-corrected chi connectivity index (χ0v) is 20.0. The van der Waals surface area contributed by atoms with E-state index in [0.717, 1.165) is 45.9 Å². The van der Waals surface area contributed by atoms with E-state index in [0.29, 0.717) is 0 Å². The number of carbonyl (C=O) groups is 1. The fourth-order valence-corrected chi connectivity index (χ4v) is 6.99. The third kappa shape index (κ3) is 3.92. The number of thioether (sulfide) groups is 2. The van der Waals surface area contributed by atoms with Gasteiger partial charge in [0.2, 0.25) is 0 Å². The number of fused-ring (bicyclic) bond motifs is 1. The number of hydrogen-bond donors (Lipinski definition) is 0. The van der Waals surface area contributed by atoms with Gasteiger partial charge in [-0.2, -0.15) is 0 Å². The first-order valence-electron chi connectivity index (χ1n) is 11.2. The third-order valence-corrected chi connectivity index (χ3v) is 8.52. The van der Waals surface area contributed by atoms with Gasteiger partial charge in [-0.25, -0.2) is 4.99 Å². The SMILES string of the molecule is CCN1/C(=C2/SC(=Nc3ccc(OC)cc3)N(C3CCCCC3)C2=O)Sc2ccccc21. The molecule has 5 nitrogen and oxygen atoms in total. The highest BCUT2D eigenvalue weighted by atomic mass is 32.2. The van der Waals surface area contributed by atoms with Crippen LogP contribution in [0.5, 0.6) is 5.75 Å². The molecule has 2 aromatic carbocycles. The van der Waals surface area contributed by atoms with Crippen LogP contribution in [0.3, 0.4) is 0 Å². The lowest BCUT2D eigenvalue weighted by Gasteiger charge is -2.30. The molecule has 0 unspecified atom stereocenters. The molecule has 0 aromatic heterocycles. The van der Waals surface area contributed by atoms with Crippen LogP contribution in [0.25, 0.3) is 0 Å². The lowest BCUT2D eigenvalue weighted by atomic mass is 9.94. The van der Waals surface area contributed by atoms with Crippen molar-refractivity contribution in [3.8, 4) is 5.75 Å². The van der Waals surface area contributed by atoms with E-state index in [-0.39, 0.29) is 11.9 Å². The zero-order valence-electron chi connectivity index (χ0n) is 18.4. The molecule has 2 heterocycles. The topological polar surface area (TPSA) is 45.1 Å². The molecule has 0 spiro atoms. The predicted octanol–water partition coefficient (Wildman–Crippen LogP) is 6.39. The largest absolute Gasteiger partial charge is 0.497 e. The molecule has 0 bridgehead atoms. The van der Waals surface area contributed by atoms with Crippen LogP contribution < -0.4 is 9.64 Å². The lowest BCUT2D eigenvalue weighted by Crippen LogP contribution is -2.40. The number of para-hydroxylation sites is 1. The number of amides is 1. The molecule has 2 aliphatic heterocycles. The summed E-state index contributed by atoms with van der Waals surface area (Å²) < 4.78 is 5.28. The van der Waals surface area contributed by atoms with E-state index in [1.165, 1.54) is 41.6 Å². The fraction of sp³-hybridized carbons (Fsp3) is 0.360. The van der Waals surface area contributed by atoms with Crippen molar-refractivity contribution in [2.24, 2.45) is 4.99 Å². The second-order valence-corrected chi connectivity index (χ2v) is 10.1. The van der Waals surface area contributed by atoms with E-state index < -0.39 is 0 Å². The molecule has 0 atom stereocenters. The molecule has 7 heteroatoms.